The maximum absolute atomic E-state index is 12.4. The number of carbonyl (C=O) groups is 1. The maximum atomic E-state index is 12.4. The van der Waals surface area contributed by atoms with Crippen molar-refractivity contribution in [2.75, 3.05) is 6.61 Å². The number of rotatable bonds is 49. The molecule has 0 saturated heterocycles. The van der Waals surface area contributed by atoms with Crippen LogP contribution in [-0.2, 0) is 4.79 Å². The van der Waals surface area contributed by atoms with Crippen LogP contribution in [0.4, 0.5) is 0 Å². The molecule has 4 nitrogen and oxygen atoms in total. The third-order valence-corrected chi connectivity index (χ3v) is 12.3. The number of amides is 1. The molecule has 0 spiro atoms. The van der Waals surface area contributed by atoms with Gasteiger partial charge >= 0.3 is 0 Å². The first-order valence-corrected chi connectivity index (χ1v) is 26.7. The van der Waals surface area contributed by atoms with Crippen molar-refractivity contribution in [3.05, 3.63) is 36.5 Å². The number of aliphatic hydroxyl groups excluding tert-OH is 2. The van der Waals surface area contributed by atoms with E-state index in [9.17, 15) is 15.0 Å². The molecule has 0 heterocycles. The van der Waals surface area contributed by atoms with Crippen LogP contribution in [0.2, 0.25) is 0 Å². The standard InChI is InChI=1S/C55H105NO3/c1-3-5-7-9-11-13-15-17-19-21-23-24-25-26-27-28-29-30-31-32-33-34-36-38-40-42-44-46-48-50-54(58)53(52-57)56-55(59)51-49-47-45-43-41-39-37-35-22-20-18-16-14-12-10-8-6-4-2/h20,22,40,42,48,50,53-54,57-58H,3-19,21,23-39,41,43-47,49,51-52H2,1-2H3,(H,56,59)/b22-20-,42-40+,50-48+. The zero-order chi connectivity index (χ0) is 42.8. The van der Waals surface area contributed by atoms with Gasteiger partial charge in [0.05, 0.1) is 18.8 Å². The van der Waals surface area contributed by atoms with Crippen LogP contribution in [0.5, 0.6) is 0 Å². The topological polar surface area (TPSA) is 69.6 Å². The van der Waals surface area contributed by atoms with Crippen molar-refractivity contribution >= 4 is 5.91 Å². The zero-order valence-corrected chi connectivity index (χ0v) is 40.0. The first-order valence-electron chi connectivity index (χ1n) is 26.7. The monoisotopic (exact) mass is 828 g/mol. The quantitative estimate of drug-likeness (QED) is 0.0423. The van der Waals surface area contributed by atoms with Crippen LogP contribution in [-0.4, -0.2) is 34.9 Å². The van der Waals surface area contributed by atoms with Gasteiger partial charge in [-0.2, -0.15) is 0 Å². The number of carbonyl (C=O) groups excluding carboxylic acids is 1. The van der Waals surface area contributed by atoms with Gasteiger partial charge in [-0.05, 0) is 57.8 Å². The Labute approximate surface area is 370 Å². The van der Waals surface area contributed by atoms with Crippen molar-refractivity contribution in [1.29, 1.82) is 0 Å². The van der Waals surface area contributed by atoms with E-state index < -0.39 is 12.1 Å². The number of hydrogen-bond acceptors (Lipinski definition) is 3. The lowest BCUT2D eigenvalue weighted by Gasteiger charge is -2.19. The highest BCUT2D eigenvalue weighted by atomic mass is 16.3. The molecular weight excluding hydrogens is 723 g/mol. The summed E-state index contributed by atoms with van der Waals surface area (Å²) in [6, 6.07) is -0.641. The number of unbranched alkanes of at least 4 members (excludes halogenated alkanes) is 38. The summed E-state index contributed by atoms with van der Waals surface area (Å²) in [5.41, 5.74) is 0. The molecule has 0 aliphatic rings. The molecule has 0 rings (SSSR count). The fourth-order valence-corrected chi connectivity index (χ4v) is 8.25. The van der Waals surface area contributed by atoms with Crippen LogP contribution in [0.1, 0.15) is 290 Å². The minimum Gasteiger partial charge on any atom is -0.394 e. The summed E-state index contributed by atoms with van der Waals surface area (Å²) in [5.74, 6) is -0.0757. The van der Waals surface area contributed by atoms with E-state index in [2.05, 4.69) is 43.5 Å². The van der Waals surface area contributed by atoms with E-state index >= 15 is 0 Å². The number of aliphatic hydroxyl groups is 2. The summed E-state index contributed by atoms with van der Waals surface area (Å²) in [4.78, 5) is 12.4. The van der Waals surface area contributed by atoms with Gasteiger partial charge in [-0.1, -0.05) is 262 Å². The molecule has 348 valence electrons. The van der Waals surface area contributed by atoms with Gasteiger partial charge in [0.1, 0.15) is 0 Å². The Morgan fingerprint density at radius 1 is 0.390 bits per heavy atom. The Balaban J connectivity index is 3.52. The van der Waals surface area contributed by atoms with Gasteiger partial charge in [-0.25, -0.2) is 0 Å². The van der Waals surface area contributed by atoms with Crippen LogP contribution >= 0.6 is 0 Å². The normalized spacial score (nSPS) is 13.1. The second kappa shape index (κ2) is 51.0. The molecule has 1 amide bonds. The number of allylic oxidation sites excluding steroid dienone is 5. The van der Waals surface area contributed by atoms with Crippen molar-refractivity contribution < 1.29 is 15.0 Å². The SMILES string of the molecule is CCCCCCCCC/C=C\CCCCCCCCCC(=O)NC(CO)C(O)/C=C/CC/C=C/CCCCCCCCCCCCCCCCCCCCCCCCC. The zero-order valence-electron chi connectivity index (χ0n) is 40.0. The molecule has 2 unspecified atom stereocenters. The van der Waals surface area contributed by atoms with Crippen molar-refractivity contribution in [2.45, 2.75) is 302 Å². The fourth-order valence-electron chi connectivity index (χ4n) is 8.25. The van der Waals surface area contributed by atoms with Gasteiger partial charge in [-0.3, -0.25) is 4.79 Å². The van der Waals surface area contributed by atoms with E-state index in [1.807, 2.05) is 6.08 Å². The van der Waals surface area contributed by atoms with Crippen LogP contribution in [0.25, 0.3) is 0 Å². The molecule has 0 aromatic heterocycles. The first-order chi connectivity index (χ1) is 29.2. The Kier molecular flexibility index (Phi) is 49.8. The van der Waals surface area contributed by atoms with E-state index in [4.69, 9.17) is 0 Å². The molecule has 0 aliphatic heterocycles. The summed E-state index contributed by atoms with van der Waals surface area (Å²) < 4.78 is 0. The molecule has 0 fully saturated rings. The lowest BCUT2D eigenvalue weighted by Crippen LogP contribution is -2.45. The fraction of sp³-hybridized carbons (Fsp3) is 0.873. The Morgan fingerprint density at radius 2 is 0.661 bits per heavy atom. The molecule has 0 aromatic carbocycles. The lowest BCUT2D eigenvalue weighted by molar-refractivity contribution is -0.123. The summed E-state index contributed by atoms with van der Waals surface area (Å²) >= 11 is 0. The van der Waals surface area contributed by atoms with E-state index in [1.54, 1.807) is 6.08 Å². The van der Waals surface area contributed by atoms with Gasteiger partial charge < -0.3 is 15.5 Å². The lowest BCUT2D eigenvalue weighted by atomic mass is 10.0. The number of hydrogen-bond donors (Lipinski definition) is 3. The summed E-state index contributed by atoms with van der Waals surface area (Å²) in [5, 5.41) is 23.1. The number of nitrogens with one attached hydrogen (secondary N) is 1. The largest absolute Gasteiger partial charge is 0.394 e. The van der Waals surface area contributed by atoms with Crippen molar-refractivity contribution in [3.8, 4) is 0 Å². The summed E-state index contributed by atoms with van der Waals surface area (Å²) in [7, 11) is 0. The summed E-state index contributed by atoms with van der Waals surface area (Å²) in [6.07, 6.45) is 68.7. The van der Waals surface area contributed by atoms with Gasteiger partial charge in [0, 0.05) is 6.42 Å². The van der Waals surface area contributed by atoms with Crippen molar-refractivity contribution in [2.24, 2.45) is 0 Å². The van der Waals surface area contributed by atoms with E-state index in [-0.39, 0.29) is 12.5 Å². The Hall–Kier alpha value is -1.39. The van der Waals surface area contributed by atoms with E-state index in [1.165, 1.54) is 238 Å². The summed E-state index contributed by atoms with van der Waals surface area (Å²) in [6.45, 7) is 4.32. The third-order valence-electron chi connectivity index (χ3n) is 12.3. The van der Waals surface area contributed by atoms with E-state index in [0.717, 1.165) is 32.1 Å². The third kappa shape index (κ3) is 47.5. The van der Waals surface area contributed by atoms with Gasteiger partial charge in [0.2, 0.25) is 5.91 Å². The average molecular weight is 828 g/mol. The predicted molar refractivity (Wildman–Crippen MR) is 262 cm³/mol. The molecule has 0 saturated carbocycles. The minimum atomic E-state index is -0.864. The van der Waals surface area contributed by atoms with E-state index in [0.29, 0.717) is 6.42 Å². The Bertz CT molecular complexity index is 897. The average Bonchev–Trinajstić information content (AvgIpc) is 3.24. The van der Waals surface area contributed by atoms with Crippen molar-refractivity contribution in [1.82, 2.24) is 5.32 Å². The minimum absolute atomic E-state index is 0.0757. The second-order valence-electron chi connectivity index (χ2n) is 18.3. The predicted octanol–water partition coefficient (Wildman–Crippen LogP) is 17.3. The smallest absolute Gasteiger partial charge is 0.220 e. The molecule has 4 heteroatoms. The highest BCUT2D eigenvalue weighted by Gasteiger charge is 2.17. The van der Waals surface area contributed by atoms with Crippen molar-refractivity contribution in [3.63, 3.8) is 0 Å². The molecular formula is C55H105NO3. The maximum Gasteiger partial charge on any atom is 0.220 e. The second-order valence-corrected chi connectivity index (χ2v) is 18.3. The molecule has 0 bridgehead atoms. The first kappa shape index (κ1) is 57.6. The molecule has 59 heavy (non-hydrogen) atoms. The van der Waals surface area contributed by atoms with Crippen LogP contribution in [0.15, 0.2) is 36.5 Å². The van der Waals surface area contributed by atoms with Gasteiger partial charge in [0.25, 0.3) is 0 Å². The Morgan fingerprint density at radius 3 is 0.983 bits per heavy atom. The highest BCUT2D eigenvalue weighted by molar-refractivity contribution is 5.76. The van der Waals surface area contributed by atoms with Crippen LogP contribution in [0, 0.1) is 0 Å². The molecule has 0 aromatic rings. The highest BCUT2D eigenvalue weighted by Crippen LogP contribution is 2.17. The van der Waals surface area contributed by atoms with Crippen LogP contribution < -0.4 is 5.32 Å². The van der Waals surface area contributed by atoms with Gasteiger partial charge in [0.15, 0.2) is 0 Å². The van der Waals surface area contributed by atoms with Gasteiger partial charge in [-0.15, -0.1) is 0 Å². The molecule has 3 N–H and O–H groups in total. The molecule has 0 radical (unpaired) electrons. The molecule has 2 atom stereocenters. The molecule has 0 aliphatic carbocycles. The van der Waals surface area contributed by atoms with Crippen LogP contribution in [0.3, 0.4) is 0 Å².